The highest BCUT2D eigenvalue weighted by atomic mass is 16.4. The average Bonchev–Trinajstić information content (AvgIpc) is 3.04. The van der Waals surface area contributed by atoms with Crippen LogP contribution >= 0.6 is 0 Å². The molecule has 3 atom stereocenters. The standard InChI is InChI=1S/C14H23N5O6/c15-10(20)4-3-8(18-12(22)7-2-1-5-17-7)13(23)19-9(14(24)25)6-11(16)21/h7-9,17H,1-6H2,(H2,15,20)(H2,16,21)(H,18,22)(H,19,23)(H,24,25)/t7-,8-,9-/m0/s1. The van der Waals surface area contributed by atoms with Crippen LogP contribution in [0.25, 0.3) is 0 Å². The number of rotatable bonds is 10. The van der Waals surface area contributed by atoms with Crippen molar-refractivity contribution in [3.63, 3.8) is 0 Å². The van der Waals surface area contributed by atoms with E-state index in [1.165, 1.54) is 0 Å². The number of aliphatic carboxylic acids is 1. The first-order valence-corrected chi connectivity index (χ1v) is 7.84. The van der Waals surface area contributed by atoms with E-state index < -0.39 is 54.1 Å². The molecule has 0 aliphatic carbocycles. The fourth-order valence-electron chi connectivity index (χ4n) is 2.41. The van der Waals surface area contributed by atoms with E-state index in [0.29, 0.717) is 13.0 Å². The first kappa shape index (κ1) is 20.4. The molecule has 0 saturated carbocycles. The molecule has 4 amide bonds. The van der Waals surface area contributed by atoms with Gasteiger partial charge in [-0.3, -0.25) is 19.2 Å². The van der Waals surface area contributed by atoms with Crippen molar-refractivity contribution >= 4 is 29.6 Å². The Labute approximate surface area is 143 Å². The number of nitrogens with two attached hydrogens (primary N) is 2. The van der Waals surface area contributed by atoms with E-state index in [9.17, 15) is 24.0 Å². The Balaban J connectivity index is 2.75. The quantitative estimate of drug-likeness (QED) is 0.239. The van der Waals surface area contributed by atoms with E-state index in [1.807, 2.05) is 0 Å². The molecule has 25 heavy (non-hydrogen) atoms. The second kappa shape index (κ2) is 9.57. The van der Waals surface area contributed by atoms with Gasteiger partial charge in [-0.2, -0.15) is 0 Å². The normalized spacial score (nSPS) is 18.8. The van der Waals surface area contributed by atoms with Crippen molar-refractivity contribution in [2.24, 2.45) is 11.5 Å². The summed E-state index contributed by atoms with van der Waals surface area (Å²) in [7, 11) is 0. The highest BCUT2D eigenvalue weighted by molar-refractivity contribution is 5.93. The van der Waals surface area contributed by atoms with Gasteiger partial charge in [-0.25, -0.2) is 4.79 Å². The molecular weight excluding hydrogens is 334 g/mol. The lowest BCUT2D eigenvalue weighted by molar-refractivity contribution is -0.143. The van der Waals surface area contributed by atoms with Crippen molar-refractivity contribution in [3.8, 4) is 0 Å². The summed E-state index contributed by atoms with van der Waals surface area (Å²) < 4.78 is 0. The highest BCUT2D eigenvalue weighted by Crippen LogP contribution is 2.07. The Hall–Kier alpha value is -2.69. The van der Waals surface area contributed by atoms with E-state index in [-0.39, 0.29) is 12.8 Å². The maximum Gasteiger partial charge on any atom is 0.326 e. The predicted molar refractivity (Wildman–Crippen MR) is 84.8 cm³/mol. The zero-order valence-corrected chi connectivity index (χ0v) is 13.6. The van der Waals surface area contributed by atoms with E-state index >= 15 is 0 Å². The molecule has 140 valence electrons. The summed E-state index contributed by atoms with van der Waals surface area (Å²) >= 11 is 0. The number of carboxylic acid groups (broad SMARTS) is 1. The zero-order chi connectivity index (χ0) is 19.0. The Morgan fingerprint density at radius 2 is 1.76 bits per heavy atom. The smallest absolute Gasteiger partial charge is 0.326 e. The Morgan fingerprint density at radius 3 is 2.24 bits per heavy atom. The molecule has 1 saturated heterocycles. The summed E-state index contributed by atoms with van der Waals surface area (Å²) in [4.78, 5) is 57.4. The largest absolute Gasteiger partial charge is 0.480 e. The van der Waals surface area contributed by atoms with Crippen LogP contribution in [0.4, 0.5) is 0 Å². The maximum atomic E-state index is 12.3. The van der Waals surface area contributed by atoms with Crippen LogP contribution in [0, 0.1) is 0 Å². The SMILES string of the molecule is NC(=O)CC[C@H](NC(=O)[C@@H]1CCCN1)C(=O)N[C@@H](CC(N)=O)C(=O)O. The van der Waals surface area contributed by atoms with E-state index in [1.54, 1.807) is 0 Å². The van der Waals surface area contributed by atoms with Crippen molar-refractivity contribution < 1.29 is 29.1 Å². The second-order valence-electron chi connectivity index (χ2n) is 5.78. The van der Waals surface area contributed by atoms with Gasteiger partial charge < -0.3 is 32.5 Å². The summed E-state index contributed by atoms with van der Waals surface area (Å²) in [6, 6.07) is -3.13. The molecule has 1 heterocycles. The number of carbonyl (C=O) groups excluding carboxylic acids is 4. The molecule has 8 N–H and O–H groups in total. The van der Waals surface area contributed by atoms with Crippen molar-refractivity contribution in [1.82, 2.24) is 16.0 Å². The number of carboxylic acids is 1. The molecule has 0 radical (unpaired) electrons. The van der Waals surface area contributed by atoms with Crippen LogP contribution in [0.15, 0.2) is 0 Å². The van der Waals surface area contributed by atoms with Crippen molar-refractivity contribution in [2.75, 3.05) is 6.54 Å². The minimum Gasteiger partial charge on any atom is -0.480 e. The van der Waals surface area contributed by atoms with Gasteiger partial charge in [0.15, 0.2) is 0 Å². The molecule has 0 bridgehead atoms. The zero-order valence-electron chi connectivity index (χ0n) is 13.6. The summed E-state index contributed by atoms with van der Waals surface area (Å²) in [6.07, 6.45) is 0.555. The van der Waals surface area contributed by atoms with E-state index in [0.717, 1.165) is 6.42 Å². The van der Waals surface area contributed by atoms with Gasteiger partial charge in [-0.15, -0.1) is 0 Å². The minimum atomic E-state index is -1.53. The number of carbonyl (C=O) groups is 5. The number of primary amides is 2. The van der Waals surface area contributed by atoms with Gasteiger partial charge in [0.1, 0.15) is 12.1 Å². The molecule has 1 aliphatic rings. The molecule has 11 nitrogen and oxygen atoms in total. The van der Waals surface area contributed by atoms with Gasteiger partial charge in [-0.1, -0.05) is 0 Å². The van der Waals surface area contributed by atoms with Gasteiger partial charge in [0, 0.05) is 6.42 Å². The van der Waals surface area contributed by atoms with Crippen LogP contribution in [0.1, 0.15) is 32.1 Å². The van der Waals surface area contributed by atoms with Crippen LogP contribution in [0.2, 0.25) is 0 Å². The molecule has 0 aromatic carbocycles. The Bertz CT molecular complexity index is 546. The molecule has 1 rings (SSSR count). The summed E-state index contributed by atoms with van der Waals surface area (Å²) in [5, 5.41) is 16.6. The summed E-state index contributed by atoms with van der Waals surface area (Å²) in [5.41, 5.74) is 10.0. The van der Waals surface area contributed by atoms with Gasteiger partial charge in [0.25, 0.3) is 0 Å². The van der Waals surface area contributed by atoms with Crippen LogP contribution < -0.4 is 27.4 Å². The Kier molecular flexibility index (Phi) is 7.79. The van der Waals surface area contributed by atoms with E-state index in [2.05, 4.69) is 16.0 Å². The van der Waals surface area contributed by atoms with Crippen LogP contribution in [0.5, 0.6) is 0 Å². The van der Waals surface area contributed by atoms with Gasteiger partial charge in [-0.05, 0) is 25.8 Å². The molecule has 11 heteroatoms. The molecular formula is C14H23N5O6. The topological polar surface area (TPSA) is 194 Å². The third-order valence-electron chi connectivity index (χ3n) is 3.71. The monoisotopic (exact) mass is 357 g/mol. The first-order chi connectivity index (χ1) is 11.7. The first-order valence-electron chi connectivity index (χ1n) is 7.84. The average molecular weight is 357 g/mol. The molecule has 1 aliphatic heterocycles. The van der Waals surface area contributed by atoms with Gasteiger partial charge in [0.05, 0.1) is 12.5 Å². The summed E-state index contributed by atoms with van der Waals surface area (Å²) in [5.74, 6) is -4.27. The Morgan fingerprint density at radius 1 is 1.08 bits per heavy atom. The van der Waals surface area contributed by atoms with Crippen molar-refractivity contribution in [2.45, 2.75) is 50.2 Å². The second-order valence-corrected chi connectivity index (χ2v) is 5.78. The number of hydrogen-bond acceptors (Lipinski definition) is 6. The van der Waals surface area contributed by atoms with Crippen LogP contribution in [-0.2, 0) is 24.0 Å². The lowest BCUT2D eigenvalue weighted by Gasteiger charge is -2.22. The molecule has 0 unspecified atom stereocenters. The predicted octanol–water partition coefficient (Wildman–Crippen LogP) is -3.07. The van der Waals surface area contributed by atoms with Gasteiger partial charge >= 0.3 is 5.97 Å². The fraction of sp³-hybridized carbons (Fsp3) is 0.643. The van der Waals surface area contributed by atoms with E-state index in [4.69, 9.17) is 16.6 Å². The molecule has 0 aromatic rings. The van der Waals surface area contributed by atoms with Crippen molar-refractivity contribution in [3.05, 3.63) is 0 Å². The van der Waals surface area contributed by atoms with Crippen LogP contribution in [0.3, 0.4) is 0 Å². The van der Waals surface area contributed by atoms with Gasteiger partial charge in [0.2, 0.25) is 23.6 Å². The third kappa shape index (κ3) is 7.16. The van der Waals surface area contributed by atoms with Crippen LogP contribution in [-0.4, -0.2) is 59.4 Å². The third-order valence-corrected chi connectivity index (χ3v) is 3.71. The molecule has 1 fully saturated rings. The minimum absolute atomic E-state index is 0.0947. The molecule has 0 aromatic heterocycles. The molecule has 0 spiro atoms. The lowest BCUT2D eigenvalue weighted by atomic mass is 10.1. The number of amides is 4. The number of hydrogen-bond donors (Lipinski definition) is 6. The maximum absolute atomic E-state index is 12.3. The lowest BCUT2D eigenvalue weighted by Crippen LogP contribution is -2.55. The van der Waals surface area contributed by atoms with Crippen molar-refractivity contribution in [1.29, 1.82) is 0 Å². The number of nitrogens with one attached hydrogen (secondary N) is 3. The summed E-state index contributed by atoms with van der Waals surface area (Å²) in [6.45, 7) is 0.677. The highest BCUT2D eigenvalue weighted by Gasteiger charge is 2.30. The fourth-order valence-corrected chi connectivity index (χ4v) is 2.41.